The number of thiophene rings is 1. The molecule has 0 aliphatic carbocycles. The summed E-state index contributed by atoms with van der Waals surface area (Å²) < 4.78 is 0. The van der Waals surface area contributed by atoms with Crippen molar-refractivity contribution in [3.63, 3.8) is 0 Å². The van der Waals surface area contributed by atoms with E-state index in [9.17, 15) is 4.79 Å². The van der Waals surface area contributed by atoms with Crippen molar-refractivity contribution < 1.29 is 4.79 Å². The number of carbonyl (C=O) groups excluding carboxylic acids is 1. The molecule has 96 valence electrons. The summed E-state index contributed by atoms with van der Waals surface area (Å²) >= 11 is 1.46. The van der Waals surface area contributed by atoms with Crippen molar-refractivity contribution in [1.29, 1.82) is 0 Å². The van der Waals surface area contributed by atoms with Crippen LogP contribution in [-0.2, 0) is 0 Å². The molecular formula is C14H18N2OS. The van der Waals surface area contributed by atoms with E-state index >= 15 is 0 Å². The van der Waals surface area contributed by atoms with Crippen LogP contribution in [0.3, 0.4) is 0 Å². The second-order valence-electron chi connectivity index (χ2n) is 4.64. The summed E-state index contributed by atoms with van der Waals surface area (Å²) in [6.45, 7) is 4.35. The van der Waals surface area contributed by atoms with Crippen molar-refractivity contribution in [2.75, 3.05) is 19.6 Å². The van der Waals surface area contributed by atoms with E-state index in [1.54, 1.807) is 0 Å². The Kier molecular flexibility index (Phi) is 4.40. The lowest BCUT2D eigenvalue weighted by molar-refractivity contribution is 0.0702. The van der Waals surface area contributed by atoms with Gasteiger partial charge in [0.2, 0.25) is 0 Å². The van der Waals surface area contributed by atoms with Crippen LogP contribution >= 0.6 is 11.3 Å². The fourth-order valence-corrected chi connectivity index (χ4v) is 2.87. The zero-order valence-corrected chi connectivity index (χ0v) is 11.4. The third-order valence-electron chi connectivity index (χ3n) is 3.20. The first-order chi connectivity index (χ1) is 8.70. The quantitative estimate of drug-likeness (QED) is 0.786. The van der Waals surface area contributed by atoms with E-state index in [0.29, 0.717) is 6.54 Å². The van der Waals surface area contributed by atoms with Gasteiger partial charge in [-0.1, -0.05) is 18.8 Å². The Bertz CT molecular complexity index is 475. The maximum atomic E-state index is 12.3. The Hall–Kier alpha value is -1.31. The standard InChI is InChI=1S/C14H18N2OS/c1-11-6-9-16(10-7-11)14(17)13-5-4-12(18-13)3-2-8-15/h4-5,11H,6-10,15H2,1H3. The maximum Gasteiger partial charge on any atom is 0.263 e. The lowest BCUT2D eigenvalue weighted by atomic mass is 9.99. The van der Waals surface area contributed by atoms with Gasteiger partial charge in [0.05, 0.1) is 16.3 Å². The van der Waals surface area contributed by atoms with Gasteiger partial charge in [-0.05, 0) is 30.9 Å². The summed E-state index contributed by atoms with van der Waals surface area (Å²) in [6, 6.07) is 3.76. The number of amides is 1. The maximum absolute atomic E-state index is 12.3. The van der Waals surface area contributed by atoms with Crippen molar-refractivity contribution in [2.45, 2.75) is 19.8 Å². The summed E-state index contributed by atoms with van der Waals surface area (Å²) in [5, 5.41) is 0. The second kappa shape index (κ2) is 6.03. The Balaban J connectivity index is 2.02. The van der Waals surface area contributed by atoms with Crippen molar-refractivity contribution in [3.8, 4) is 11.8 Å². The van der Waals surface area contributed by atoms with Gasteiger partial charge in [-0.15, -0.1) is 11.3 Å². The molecule has 18 heavy (non-hydrogen) atoms. The molecule has 1 amide bonds. The molecular weight excluding hydrogens is 244 g/mol. The number of hydrogen-bond donors (Lipinski definition) is 1. The summed E-state index contributed by atoms with van der Waals surface area (Å²) in [6.07, 6.45) is 2.22. The Morgan fingerprint density at radius 2 is 2.22 bits per heavy atom. The average molecular weight is 262 g/mol. The highest BCUT2D eigenvalue weighted by molar-refractivity contribution is 7.14. The topological polar surface area (TPSA) is 46.3 Å². The van der Waals surface area contributed by atoms with Crippen LogP contribution in [0.25, 0.3) is 0 Å². The van der Waals surface area contributed by atoms with E-state index in [1.165, 1.54) is 11.3 Å². The molecule has 1 aromatic rings. The molecule has 0 unspecified atom stereocenters. The normalized spacial score (nSPS) is 16.2. The van der Waals surface area contributed by atoms with Crippen LogP contribution in [0.15, 0.2) is 12.1 Å². The molecule has 2 N–H and O–H groups in total. The predicted molar refractivity (Wildman–Crippen MR) is 74.6 cm³/mol. The van der Waals surface area contributed by atoms with Crippen molar-refractivity contribution in [3.05, 3.63) is 21.9 Å². The Morgan fingerprint density at radius 3 is 2.89 bits per heavy atom. The number of nitrogens with zero attached hydrogens (tertiary/aromatic N) is 1. The molecule has 1 fully saturated rings. The van der Waals surface area contributed by atoms with Crippen LogP contribution in [0.4, 0.5) is 0 Å². The van der Waals surface area contributed by atoms with Crippen LogP contribution in [0, 0.1) is 17.8 Å². The van der Waals surface area contributed by atoms with Crippen LogP contribution in [0.5, 0.6) is 0 Å². The number of piperidine rings is 1. The SMILES string of the molecule is CC1CCN(C(=O)c2ccc(C#CCN)s2)CC1. The van der Waals surface area contributed by atoms with Gasteiger partial charge in [0.25, 0.3) is 5.91 Å². The highest BCUT2D eigenvalue weighted by Gasteiger charge is 2.22. The summed E-state index contributed by atoms with van der Waals surface area (Å²) in [7, 11) is 0. The zero-order chi connectivity index (χ0) is 13.0. The minimum absolute atomic E-state index is 0.146. The molecule has 2 heterocycles. The molecule has 0 spiro atoms. The Labute approximate surface area is 112 Å². The van der Waals surface area contributed by atoms with E-state index in [1.807, 2.05) is 17.0 Å². The van der Waals surface area contributed by atoms with Crippen LogP contribution in [-0.4, -0.2) is 30.4 Å². The second-order valence-corrected chi connectivity index (χ2v) is 5.73. The first-order valence-electron chi connectivity index (χ1n) is 6.28. The van der Waals surface area contributed by atoms with Crippen molar-refractivity contribution in [2.24, 2.45) is 11.7 Å². The molecule has 0 saturated carbocycles. The third-order valence-corrected chi connectivity index (χ3v) is 4.19. The predicted octanol–water partition coefficient (Wildman–Crippen LogP) is 1.93. The lowest BCUT2D eigenvalue weighted by Crippen LogP contribution is -2.37. The molecule has 2 rings (SSSR count). The molecule has 0 atom stereocenters. The van der Waals surface area contributed by atoms with E-state index in [4.69, 9.17) is 5.73 Å². The van der Waals surface area contributed by atoms with Gasteiger partial charge in [0.15, 0.2) is 0 Å². The molecule has 1 aliphatic rings. The number of carbonyl (C=O) groups is 1. The first-order valence-corrected chi connectivity index (χ1v) is 7.10. The van der Waals surface area contributed by atoms with Gasteiger partial charge >= 0.3 is 0 Å². The minimum Gasteiger partial charge on any atom is -0.338 e. The summed E-state index contributed by atoms with van der Waals surface area (Å²) in [5.41, 5.74) is 5.33. The van der Waals surface area contributed by atoms with Gasteiger partial charge in [0, 0.05) is 13.1 Å². The Morgan fingerprint density at radius 1 is 1.50 bits per heavy atom. The van der Waals surface area contributed by atoms with E-state index in [2.05, 4.69) is 18.8 Å². The summed E-state index contributed by atoms with van der Waals surface area (Å²) in [5.74, 6) is 6.65. The molecule has 1 aromatic heterocycles. The van der Waals surface area contributed by atoms with Crippen molar-refractivity contribution in [1.82, 2.24) is 4.90 Å². The number of likely N-dealkylation sites (tertiary alicyclic amines) is 1. The smallest absolute Gasteiger partial charge is 0.263 e. The minimum atomic E-state index is 0.146. The fourth-order valence-electron chi connectivity index (χ4n) is 2.03. The number of hydrogen-bond acceptors (Lipinski definition) is 3. The van der Waals surface area contributed by atoms with Gasteiger partial charge in [-0.2, -0.15) is 0 Å². The zero-order valence-electron chi connectivity index (χ0n) is 10.6. The molecule has 0 bridgehead atoms. The molecule has 3 nitrogen and oxygen atoms in total. The van der Waals surface area contributed by atoms with Gasteiger partial charge in [-0.3, -0.25) is 4.79 Å². The molecule has 1 aliphatic heterocycles. The number of rotatable bonds is 1. The molecule has 0 aromatic carbocycles. The first kappa shape index (κ1) is 13.1. The van der Waals surface area contributed by atoms with E-state index < -0.39 is 0 Å². The average Bonchev–Trinajstić information content (AvgIpc) is 2.85. The lowest BCUT2D eigenvalue weighted by Gasteiger charge is -2.29. The summed E-state index contributed by atoms with van der Waals surface area (Å²) in [4.78, 5) is 15.9. The van der Waals surface area contributed by atoms with Gasteiger partial charge < -0.3 is 10.6 Å². The van der Waals surface area contributed by atoms with E-state index in [0.717, 1.165) is 41.6 Å². The molecule has 1 saturated heterocycles. The fraction of sp³-hybridized carbons (Fsp3) is 0.500. The molecule has 4 heteroatoms. The largest absolute Gasteiger partial charge is 0.338 e. The monoisotopic (exact) mass is 262 g/mol. The number of nitrogens with two attached hydrogens (primary N) is 1. The third kappa shape index (κ3) is 3.12. The molecule has 0 radical (unpaired) electrons. The van der Waals surface area contributed by atoms with Crippen LogP contribution in [0.1, 0.15) is 34.3 Å². The van der Waals surface area contributed by atoms with Crippen molar-refractivity contribution >= 4 is 17.2 Å². The highest BCUT2D eigenvalue weighted by atomic mass is 32.1. The van der Waals surface area contributed by atoms with Gasteiger partial charge in [-0.25, -0.2) is 0 Å². The highest BCUT2D eigenvalue weighted by Crippen LogP contribution is 2.22. The van der Waals surface area contributed by atoms with Crippen LogP contribution in [0.2, 0.25) is 0 Å². The van der Waals surface area contributed by atoms with E-state index in [-0.39, 0.29) is 5.91 Å². The van der Waals surface area contributed by atoms with Gasteiger partial charge in [0.1, 0.15) is 0 Å². The van der Waals surface area contributed by atoms with Crippen LogP contribution < -0.4 is 5.73 Å².